The van der Waals surface area contributed by atoms with Crippen LogP contribution in [-0.2, 0) is 7.05 Å². The second-order valence-electron chi connectivity index (χ2n) is 12.2. The standard InChI is InChI=1S/C43H28N2S/c1-44-37-18-7-5-13-31(37)35-25-28(21-23-38(35)44)29-22-24-40-36(26-29)32-14-6-8-19-39(32)45(40)41-20-10-17-34-33-16-9-15-30(42(33)46-43(34)41)27-11-3-2-4-12-27/h2-26H,1H3. The molecule has 0 fully saturated rings. The van der Waals surface area contributed by atoms with Crippen molar-refractivity contribution in [3.8, 4) is 27.9 Å². The van der Waals surface area contributed by atoms with Crippen LogP contribution in [0.2, 0.25) is 0 Å². The van der Waals surface area contributed by atoms with Gasteiger partial charge in [0.25, 0.3) is 0 Å². The van der Waals surface area contributed by atoms with Crippen LogP contribution in [0.15, 0.2) is 152 Å². The van der Waals surface area contributed by atoms with E-state index in [4.69, 9.17) is 0 Å². The molecular weight excluding hydrogens is 577 g/mol. The van der Waals surface area contributed by atoms with E-state index < -0.39 is 0 Å². The van der Waals surface area contributed by atoms with Crippen molar-refractivity contribution >= 4 is 75.1 Å². The molecule has 216 valence electrons. The lowest BCUT2D eigenvalue weighted by Crippen LogP contribution is -1.93. The summed E-state index contributed by atoms with van der Waals surface area (Å²) < 4.78 is 7.42. The van der Waals surface area contributed by atoms with Gasteiger partial charge >= 0.3 is 0 Å². The molecular formula is C43H28N2S. The molecule has 2 nitrogen and oxygen atoms in total. The Kier molecular flexibility index (Phi) is 5.40. The van der Waals surface area contributed by atoms with E-state index in [9.17, 15) is 0 Å². The Morgan fingerprint density at radius 1 is 0.391 bits per heavy atom. The summed E-state index contributed by atoms with van der Waals surface area (Å²) in [6.45, 7) is 0. The quantitative estimate of drug-likeness (QED) is 0.190. The number of hydrogen-bond donors (Lipinski definition) is 0. The van der Waals surface area contributed by atoms with Gasteiger partial charge in [-0.2, -0.15) is 0 Å². The van der Waals surface area contributed by atoms with Gasteiger partial charge in [0.15, 0.2) is 0 Å². The number of para-hydroxylation sites is 2. The maximum Gasteiger partial charge on any atom is 0.0640 e. The highest BCUT2D eigenvalue weighted by Gasteiger charge is 2.18. The van der Waals surface area contributed by atoms with Crippen LogP contribution in [0, 0.1) is 0 Å². The second kappa shape index (κ2) is 9.68. The van der Waals surface area contributed by atoms with E-state index in [1.165, 1.54) is 91.7 Å². The first kappa shape index (κ1) is 25.7. The zero-order valence-electron chi connectivity index (χ0n) is 25.2. The zero-order valence-corrected chi connectivity index (χ0v) is 26.1. The van der Waals surface area contributed by atoms with Crippen molar-refractivity contribution in [1.29, 1.82) is 0 Å². The Morgan fingerprint density at radius 2 is 0.935 bits per heavy atom. The van der Waals surface area contributed by atoms with Crippen LogP contribution in [0.5, 0.6) is 0 Å². The second-order valence-corrected chi connectivity index (χ2v) is 13.2. The first-order chi connectivity index (χ1) is 22.7. The van der Waals surface area contributed by atoms with Crippen LogP contribution in [0.4, 0.5) is 0 Å². The number of aryl methyl sites for hydroxylation is 1. The van der Waals surface area contributed by atoms with E-state index in [0.717, 1.165) is 0 Å². The number of benzene rings is 7. The fourth-order valence-electron chi connectivity index (χ4n) is 7.59. The molecule has 0 bridgehead atoms. The summed E-state index contributed by atoms with van der Waals surface area (Å²) in [6.07, 6.45) is 0. The molecule has 0 atom stereocenters. The van der Waals surface area contributed by atoms with Crippen molar-refractivity contribution in [2.45, 2.75) is 0 Å². The van der Waals surface area contributed by atoms with Crippen LogP contribution < -0.4 is 0 Å². The van der Waals surface area contributed by atoms with Crippen LogP contribution in [0.3, 0.4) is 0 Å². The highest BCUT2D eigenvalue weighted by atomic mass is 32.1. The van der Waals surface area contributed by atoms with Gasteiger partial charge in [0, 0.05) is 55.1 Å². The molecule has 7 aromatic carbocycles. The Hall–Kier alpha value is -5.64. The van der Waals surface area contributed by atoms with Crippen LogP contribution in [-0.4, -0.2) is 9.13 Å². The van der Waals surface area contributed by atoms with E-state index in [1.807, 2.05) is 11.3 Å². The lowest BCUT2D eigenvalue weighted by atomic mass is 10.0. The number of aromatic nitrogens is 2. The van der Waals surface area contributed by atoms with Crippen LogP contribution in [0.1, 0.15) is 0 Å². The highest BCUT2D eigenvalue weighted by Crippen LogP contribution is 2.44. The van der Waals surface area contributed by atoms with Crippen molar-refractivity contribution in [3.05, 3.63) is 152 Å². The van der Waals surface area contributed by atoms with Gasteiger partial charge in [-0.1, -0.05) is 109 Å². The normalized spacial score (nSPS) is 12.0. The Bertz CT molecular complexity index is 2810. The van der Waals surface area contributed by atoms with Crippen molar-refractivity contribution < 1.29 is 0 Å². The van der Waals surface area contributed by atoms with Gasteiger partial charge in [0.1, 0.15) is 0 Å². The Morgan fingerprint density at radius 3 is 1.72 bits per heavy atom. The van der Waals surface area contributed by atoms with Crippen LogP contribution >= 0.6 is 11.3 Å². The van der Waals surface area contributed by atoms with E-state index in [1.54, 1.807) is 0 Å². The number of hydrogen-bond acceptors (Lipinski definition) is 1. The molecule has 3 heterocycles. The third-order valence-corrected chi connectivity index (χ3v) is 11.0. The Labute approximate surface area is 270 Å². The fourth-order valence-corrected chi connectivity index (χ4v) is 8.93. The van der Waals surface area contributed by atoms with Gasteiger partial charge in [0.05, 0.1) is 21.4 Å². The third kappa shape index (κ3) is 3.58. The summed E-state index contributed by atoms with van der Waals surface area (Å²) in [6, 6.07) is 55.7. The zero-order chi connectivity index (χ0) is 30.4. The third-order valence-electron chi connectivity index (χ3n) is 9.75. The first-order valence-electron chi connectivity index (χ1n) is 15.8. The van der Waals surface area contributed by atoms with Crippen molar-refractivity contribution in [1.82, 2.24) is 9.13 Å². The van der Waals surface area contributed by atoms with Crippen molar-refractivity contribution in [2.24, 2.45) is 7.05 Å². The van der Waals surface area contributed by atoms with E-state index in [-0.39, 0.29) is 0 Å². The molecule has 0 radical (unpaired) electrons. The summed E-state index contributed by atoms with van der Waals surface area (Å²) in [7, 11) is 2.16. The molecule has 10 rings (SSSR count). The number of fused-ring (bicyclic) bond motifs is 9. The molecule has 0 aliphatic carbocycles. The molecule has 0 amide bonds. The minimum Gasteiger partial charge on any atom is -0.344 e. The average Bonchev–Trinajstić information content (AvgIpc) is 3.76. The van der Waals surface area contributed by atoms with Gasteiger partial charge in [-0.3, -0.25) is 0 Å². The van der Waals surface area contributed by atoms with Gasteiger partial charge in [-0.05, 0) is 64.7 Å². The maximum absolute atomic E-state index is 2.47. The Balaban J connectivity index is 1.21. The molecule has 10 aromatic rings. The predicted molar refractivity (Wildman–Crippen MR) is 199 cm³/mol. The lowest BCUT2D eigenvalue weighted by Gasteiger charge is -2.10. The minimum absolute atomic E-state index is 1.23. The van der Waals surface area contributed by atoms with Gasteiger partial charge in [-0.25, -0.2) is 0 Å². The minimum atomic E-state index is 1.23. The van der Waals surface area contributed by atoms with Crippen molar-refractivity contribution in [3.63, 3.8) is 0 Å². The van der Waals surface area contributed by atoms with E-state index in [2.05, 4.69) is 168 Å². The summed E-state index contributed by atoms with van der Waals surface area (Å²) in [4.78, 5) is 0. The summed E-state index contributed by atoms with van der Waals surface area (Å²) in [5.74, 6) is 0. The summed E-state index contributed by atoms with van der Waals surface area (Å²) in [5, 5.41) is 7.76. The molecule has 3 aromatic heterocycles. The molecule has 0 spiro atoms. The van der Waals surface area contributed by atoms with Crippen LogP contribution in [0.25, 0.3) is 91.7 Å². The van der Waals surface area contributed by atoms with Gasteiger partial charge in [0.2, 0.25) is 0 Å². The number of thiophene rings is 1. The predicted octanol–water partition coefficient (Wildman–Crippen LogP) is 12.1. The van der Waals surface area contributed by atoms with Gasteiger partial charge in [-0.15, -0.1) is 11.3 Å². The molecule has 0 N–H and O–H groups in total. The molecule has 46 heavy (non-hydrogen) atoms. The first-order valence-corrected chi connectivity index (χ1v) is 16.6. The van der Waals surface area contributed by atoms with E-state index >= 15 is 0 Å². The molecule has 0 aliphatic heterocycles. The largest absolute Gasteiger partial charge is 0.344 e. The monoisotopic (exact) mass is 604 g/mol. The molecule has 0 aliphatic rings. The topological polar surface area (TPSA) is 9.86 Å². The smallest absolute Gasteiger partial charge is 0.0640 e. The van der Waals surface area contributed by atoms with E-state index in [0.29, 0.717) is 0 Å². The van der Waals surface area contributed by atoms with Crippen molar-refractivity contribution in [2.75, 3.05) is 0 Å². The molecule has 0 saturated heterocycles. The summed E-state index contributed by atoms with van der Waals surface area (Å²) >= 11 is 1.91. The maximum atomic E-state index is 2.47. The molecule has 0 saturated carbocycles. The lowest BCUT2D eigenvalue weighted by molar-refractivity contribution is 1.01. The fraction of sp³-hybridized carbons (Fsp3) is 0.0233. The number of nitrogens with zero attached hydrogens (tertiary/aromatic N) is 2. The molecule has 0 unspecified atom stereocenters. The van der Waals surface area contributed by atoms with Gasteiger partial charge < -0.3 is 9.13 Å². The molecule has 3 heteroatoms. The summed E-state index contributed by atoms with van der Waals surface area (Å²) in [5.41, 5.74) is 11.2. The SMILES string of the molecule is Cn1c2ccccc2c2cc(-c3ccc4c(c3)c3ccccc3n4-c3cccc4c3sc3c(-c5ccccc5)cccc34)ccc21. The number of rotatable bonds is 3. The average molecular weight is 605 g/mol. The highest BCUT2D eigenvalue weighted by molar-refractivity contribution is 7.26.